The lowest BCUT2D eigenvalue weighted by molar-refractivity contribution is -0.147. The van der Waals surface area contributed by atoms with Crippen LogP contribution in [0, 0.1) is 0 Å². The number of ether oxygens (including phenoxy) is 1. The van der Waals surface area contributed by atoms with E-state index in [-0.39, 0.29) is 24.5 Å². The van der Waals surface area contributed by atoms with Crippen LogP contribution in [-0.4, -0.2) is 31.7 Å². The molecule has 1 atom stereocenters. The summed E-state index contributed by atoms with van der Waals surface area (Å²) in [6.45, 7) is 3.22. The Labute approximate surface area is 163 Å². The maximum Gasteiger partial charge on any atom is 0.416 e. The average molecular weight is 474 g/mol. The summed E-state index contributed by atoms with van der Waals surface area (Å²) in [6, 6.07) is 1.10. The van der Waals surface area contributed by atoms with Crippen molar-refractivity contribution in [3.63, 3.8) is 0 Å². The molecule has 2 rings (SSSR count). The molecule has 28 heavy (non-hydrogen) atoms. The van der Waals surface area contributed by atoms with Gasteiger partial charge in [0.15, 0.2) is 5.82 Å². The van der Waals surface area contributed by atoms with Crippen LogP contribution < -0.4 is 0 Å². The number of nitrogens with zero attached hydrogens (tertiary/aromatic N) is 3. The number of hydrogen-bond acceptors (Lipinski definition) is 4. The predicted octanol–water partition coefficient (Wildman–Crippen LogP) is 4.70. The van der Waals surface area contributed by atoms with Gasteiger partial charge in [-0.05, 0) is 32.0 Å². The van der Waals surface area contributed by atoms with Gasteiger partial charge in [0.2, 0.25) is 0 Å². The number of aromatic nitrogens is 3. The zero-order valence-corrected chi connectivity index (χ0v) is 16.1. The Morgan fingerprint density at radius 1 is 1.11 bits per heavy atom. The standard InChI is InChI=1S/C16H14BrF6N3O2/c1-8(2)28-14(27)12(17)6-26-7-24-13(25-26)9-3-10(15(18,19)20)5-11(4-9)16(21,22)23/h3-5,7-8,12H,6H2,1-2H3. The number of rotatable bonds is 5. The van der Waals surface area contributed by atoms with E-state index in [0.29, 0.717) is 12.1 Å². The lowest BCUT2D eigenvalue weighted by Gasteiger charge is -2.13. The van der Waals surface area contributed by atoms with E-state index in [9.17, 15) is 31.1 Å². The molecule has 0 fully saturated rings. The molecule has 12 heteroatoms. The maximum absolute atomic E-state index is 13.0. The van der Waals surface area contributed by atoms with Gasteiger partial charge in [-0.2, -0.15) is 31.4 Å². The van der Waals surface area contributed by atoms with E-state index in [2.05, 4.69) is 26.0 Å². The molecule has 0 aliphatic heterocycles. The fraction of sp³-hybridized carbons (Fsp3) is 0.438. The van der Waals surface area contributed by atoms with Crippen molar-refractivity contribution >= 4 is 21.9 Å². The summed E-state index contributed by atoms with van der Waals surface area (Å²) in [5.41, 5.74) is -3.38. The van der Waals surface area contributed by atoms with Crippen molar-refractivity contribution in [2.75, 3.05) is 0 Å². The fourth-order valence-corrected chi connectivity index (χ4v) is 2.55. The van der Waals surface area contributed by atoms with Crippen LogP contribution in [0.3, 0.4) is 0 Å². The minimum Gasteiger partial charge on any atom is -0.462 e. The molecule has 2 aromatic rings. The molecule has 0 aliphatic carbocycles. The van der Waals surface area contributed by atoms with Crippen molar-refractivity contribution in [3.05, 3.63) is 35.7 Å². The van der Waals surface area contributed by atoms with Crippen LogP contribution in [0.1, 0.15) is 25.0 Å². The van der Waals surface area contributed by atoms with Gasteiger partial charge >= 0.3 is 18.3 Å². The van der Waals surface area contributed by atoms with E-state index in [1.807, 2.05) is 0 Å². The van der Waals surface area contributed by atoms with Crippen molar-refractivity contribution in [2.45, 2.75) is 43.7 Å². The Balaban J connectivity index is 2.32. The zero-order valence-electron chi connectivity index (χ0n) is 14.5. The number of hydrogen-bond donors (Lipinski definition) is 0. The Kier molecular flexibility index (Phi) is 6.41. The molecule has 0 spiro atoms. The van der Waals surface area contributed by atoms with Gasteiger partial charge in [-0.25, -0.2) is 4.98 Å². The summed E-state index contributed by atoms with van der Waals surface area (Å²) >= 11 is 3.09. The van der Waals surface area contributed by atoms with Crippen LogP contribution >= 0.6 is 15.9 Å². The second-order valence-corrected chi connectivity index (χ2v) is 7.14. The lowest BCUT2D eigenvalue weighted by Crippen LogP contribution is -2.25. The molecule has 5 nitrogen and oxygen atoms in total. The van der Waals surface area contributed by atoms with Crippen molar-refractivity contribution in [1.82, 2.24) is 14.8 Å². The van der Waals surface area contributed by atoms with Gasteiger partial charge in [0, 0.05) is 5.56 Å². The van der Waals surface area contributed by atoms with E-state index >= 15 is 0 Å². The number of esters is 1. The Hall–Kier alpha value is -2.11. The van der Waals surface area contributed by atoms with Crippen LogP contribution in [0.15, 0.2) is 24.5 Å². The highest BCUT2D eigenvalue weighted by molar-refractivity contribution is 9.10. The molecule has 0 bridgehead atoms. The molecule has 0 aliphatic rings. The van der Waals surface area contributed by atoms with Gasteiger partial charge in [-0.1, -0.05) is 15.9 Å². The van der Waals surface area contributed by atoms with Crippen LogP contribution in [-0.2, 0) is 28.4 Å². The third kappa shape index (κ3) is 5.69. The Morgan fingerprint density at radius 2 is 1.64 bits per heavy atom. The van der Waals surface area contributed by atoms with Crippen LogP contribution in [0.25, 0.3) is 11.4 Å². The molecule has 1 unspecified atom stereocenters. The van der Waals surface area contributed by atoms with E-state index in [0.717, 1.165) is 11.0 Å². The maximum atomic E-state index is 13.0. The van der Waals surface area contributed by atoms with Crippen LogP contribution in [0.4, 0.5) is 26.3 Å². The average Bonchev–Trinajstić information content (AvgIpc) is 3.00. The van der Waals surface area contributed by atoms with Crippen LogP contribution in [0.5, 0.6) is 0 Å². The van der Waals surface area contributed by atoms with E-state index in [1.165, 1.54) is 0 Å². The normalized spacial score (nSPS) is 13.6. The molecule has 1 aromatic heterocycles. The van der Waals surface area contributed by atoms with E-state index in [4.69, 9.17) is 4.74 Å². The number of benzene rings is 1. The van der Waals surface area contributed by atoms with E-state index < -0.39 is 39.8 Å². The zero-order chi connectivity index (χ0) is 21.3. The SMILES string of the molecule is CC(C)OC(=O)C(Br)Cn1cnc(-c2cc(C(F)(F)F)cc(C(F)(F)F)c2)n1. The first-order valence-corrected chi connectivity index (χ1v) is 8.73. The Bertz CT molecular complexity index is 815. The highest BCUT2D eigenvalue weighted by atomic mass is 79.9. The highest BCUT2D eigenvalue weighted by Crippen LogP contribution is 2.38. The van der Waals surface area contributed by atoms with Gasteiger partial charge in [-0.3, -0.25) is 9.48 Å². The first-order valence-electron chi connectivity index (χ1n) is 7.81. The first-order chi connectivity index (χ1) is 12.8. The molecule has 0 radical (unpaired) electrons. The van der Waals surface area contributed by atoms with E-state index in [1.54, 1.807) is 13.8 Å². The number of carbonyl (C=O) groups is 1. The van der Waals surface area contributed by atoms with Crippen molar-refractivity contribution in [1.29, 1.82) is 0 Å². The molecule has 0 amide bonds. The fourth-order valence-electron chi connectivity index (χ4n) is 2.14. The Morgan fingerprint density at radius 3 is 2.11 bits per heavy atom. The number of alkyl halides is 7. The smallest absolute Gasteiger partial charge is 0.416 e. The molecule has 154 valence electrons. The van der Waals surface area contributed by atoms with Gasteiger partial charge in [0.1, 0.15) is 11.2 Å². The number of halogens is 7. The largest absolute Gasteiger partial charge is 0.462 e. The van der Waals surface area contributed by atoms with Gasteiger partial charge in [0.25, 0.3) is 0 Å². The van der Waals surface area contributed by atoms with Crippen molar-refractivity contribution in [3.8, 4) is 11.4 Å². The topological polar surface area (TPSA) is 57.0 Å². The quantitative estimate of drug-likeness (QED) is 0.359. The highest BCUT2D eigenvalue weighted by Gasteiger charge is 2.37. The first kappa shape index (κ1) is 22.2. The monoisotopic (exact) mass is 473 g/mol. The van der Waals surface area contributed by atoms with Crippen molar-refractivity contribution < 1.29 is 35.9 Å². The van der Waals surface area contributed by atoms with Gasteiger partial charge < -0.3 is 4.74 Å². The minimum absolute atomic E-state index is 0.0247. The third-order valence-electron chi connectivity index (χ3n) is 3.34. The molecule has 0 saturated carbocycles. The molecule has 0 saturated heterocycles. The predicted molar refractivity (Wildman–Crippen MR) is 89.4 cm³/mol. The summed E-state index contributed by atoms with van der Waals surface area (Å²) in [7, 11) is 0. The number of carbonyl (C=O) groups excluding carboxylic acids is 1. The summed E-state index contributed by atoms with van der Waals surface area (Å²) < 4.78 is 83.8. The van der Waals surface area contributed by atoms with Crippen molar-refractivity contribution in [2.24, 2.45) is 0 Å². The molecular formula is C16H14BrF6N3O2. The van der Waals surface area contributed by atoms with Gasteiger partial charge in [0.05, 0.1) is 23.8 Å². The second kappa shape index (κ2) is 8.10. The molecule has 1 heterocycles. The lowest BCUT2D eigenvalue weighted by atomic mass is 10.0. The third-order valence-corrected chi connectivity index (χ3v) is 4.00. The summed E-state index contributed by atoms with van der Waals surface area (Å²) in [6.07, 6.45) is -9.20. The molecular weight excluding hydrogens is 460 g/mol. The summed E-state index contributed by atoms with van der Waals surface area (Å²) in [4.78, 5) is 14.7. The second-order valence-electron chi connectivity index (χ2n) is 6.04. The summed E-state index contributed by atoms with van der Waals surface area (Å²) in [5.74, 6) is -0.931. The minimum atomic E-state index is -4.97. The summed E-state index contributed by atoms with van der Waals surface area (Å²) in [5, 5.41) is 3.86. The van der Waals surface area contributed by atoms with Crippen LogP contribution in [0.2, 0.25) is 0 Å². The molecule has 1 aromatic carbocycles. The molecule has 0 N–H and O–H groups in total. The van der Waals surface area contributed by atoms with Gasteiger partial charge in [-0.15, -0.1) is 0 Å².